The maximum atomic E-state index is 12.8. The fraction of sp³-hybridized carbons (Fsp3) is 0.529. The maximum Gasteiger partial charge on any atom is 0.240 e. The minimum atomic E-state index is -0.741. The van der Waals surface area contributed by atoms with Crippen molar-refractivity contribution in [1.29, 1.82) is 0 Å². The third-order valence-corrected chi connectivity index (χ3v) is 4.89. The molecule has 3 rings (SSSR count). The second-order valence-corrected chi connectivity index (χ2v) is 6.52. The van der Waals surface area contributed by atoms with Gasteiger partial charge in [-0.25, -0.2) is 0 Å². The van der Waals surface area contributed by atoms with Crippen molar-refractivity contribution in [3.05, 3.63) is 35.9 Å². The molecule has 0 spiro atoms. The smallest absolute Gasteiger partial charge is 0.240 e. The van der Waals surface area contributed by atoms with Crippen LogP contribution in [-0.4, -0.2) is 34.5 Å². The molecule has 3 atom stereocenters. The van der Waals surface area contributed by atoms with Crippen LogP contribution in [0.5, 0.6) is 0 Å². The zero-order chi connectivity index (χ0) is 15.0. The lowest BCUT2D eigenvalue weighted by atomic mass is 9.81. The maximum absolute atomic E-state index is 12.8. The summed E-state index contributed by atoms with van der Waals surface area (Å²) in [6.45, 7) is 2.31. The molecule has 0 aromatic heterocycles. The number of amides is 2. The van der Waals surface area contributed by atoms with Crippen LogP contribution in [0.2, 0.25) is 0 Å². The first-order valence-corrected chi connectivity index (χ1v) is 7.59. The topological polar surface area (TPSA) is 57.6 Å². The van der Waals surface area contributed by atoms with Crippen molar-refractivity contribution in [2.24, 2.45) is 5.92 Å². The normalized spacial score (nSPS) is 33.0. The van der Waals surface area contributed by atoms with Gasteiger partial charge in [0.15, 0.2) is 0 Å². The van der Waals surface area contributed by atoms with Gasteiger partial charge >= 0.3 is 0 Å². The summed E-state index contributed by atoms with van der Waals surface area (Å²) in [6, 6.07) is 9.52. The van der Waals surface area contributed by atoms with Crippen molar-refractivity contribution in [2.75, 3.05) is 6.54 Å². The third-order valence-electron chi connectivity index (χ3n) is 4.89. The zero-order valence-electron chi connectivity index (χ0n) is 12.3. The third kappa shape index (κ3) is 2.48. The van der Waals surface area contributed by atoms with E-state index in [1.165, 1.54) is 4.90 Å². The quantitative estimate of drug-likeness (QED) is 0.863. The van der Waals surface area contributed by atoms with Crippen molar-refractivity contribution in [1.82, 2.24) is 4.90 Å². The molecule has 4 heteroatoms. The summed E-state index contributed by atoms with van der Waals surface area (Å²) in [5.41, 5.74) is 0.160. The SMILES string of the molecule is CC1(c2ccccc2)CC(=O)N(CC2CCC(O)C2)C1=O. The lowest BCUT2D eigenvalue weighted by molar-refractivity contribution is -0.140. The minimum absolute atomic E-state index is 0.0901. The summed E-state index contributed by atoms with van der Waals surface area (Å²) >= 11 is 0. The molecule has 2 amide bonds. The van der Waals surface area contributed by atoms with Crippen molar-refractivity contribution in [2.45, 2.75) is 44.1 Å². The second-order valence-electron chi connectivity index (χ2n) is 6.52. The van der Waals surface area contributed by atoms with Crippen LogP contribution in [0.3, 0.4) is 0 Å². The number of benzene rings is 1. The molecule has 1 saturated heterocycles. The first-order chi connectivity index (χ1) is 10.0. The van der Waals surface area contributed by atoms with Crippen LogP contribution >= 0.6 is 0 Å². The highest BCUT2D eigenvalue weighted by Crippen LogP contribution is 2.37. The summed E-state index contributed by atoms with van der Waals surface area (Å²) in [5, 5.41) is 9.60. The van der Waals surface area contributed by atoms with E-state index >= 15 is 0 Å². The summed E-state index contributed by atoms with van der Waals surface area (Å²) in [5.74, 6) is 0.0545. The lowest BCUT2D eigenvalue weighted by Crippen LogP contribution is -2.39. The summed E-state index contributed by atoms with van der Waals surface area (Å²) in [7, 11) is 0. The highest BCUT2D eigenvalue weighted by molar-refractivity contribution is 6.08. The largest absolute Gasteiger partial charge is 0.393 e. The molecule has 2 fully saturated rings. The molecule has 2 aliphatic rings. The number of aliphatic hydroxyl groups excluding tert-OH is 1. The van der Waals surface area contributed by atoms with E-state index in [4.69, 9.17) is 0 Å². The molecule has 0 radical (unpaired) electrons. The number of hydrogen-bond acceptors (Lipinski definition) is 3. The number of hydrogen-bond donors (Lipinski definition) is 1. The predicted octanol–water partition coefficient (Wildman–Crippen LogP) is 1.86. The zero-order valence-corrected chi connectivity index (χ0v) is 12.3. The Bertz CT molecular complexity index is 556. The van der Waals surface area contributed by atoms with Crippen LogP contribution in [0.1, 0.15) is 38.2 Å². The number of imide groups is 1. The Hall–Kier alpha value is -1.68. The van der Waals surface area contributed by atoms with E-state index in [1.54, 1.807) is 0 Å². The highest BCUT2D eigenvalue weighted by atomic mass is 16.3. The molecule has 112 valence electrons. The Morgan fingerprint density at radius 3 is 2.57 bits per heavy atom. The Balaban J connectivity index is 1.79. The number of carbonyl (C=O) groups excluding carboxylic acids is 2. The summed E-state index contributed by atoms with van der Waals surface area (Å²) in [6.07, 6.45) is 2.32. The molecule has 21 heavy (non-hydrogen) atoms. The highest BCUT2D eigenvalue weighted by Gasteiger charge is 2.49. The molecule has 1 N–H and O–H groups in total. The fourth-order valence-corrected chi connectivity index (χ4v) is 3.57. The van der Waals surface area contributed by atoms with E-state index in [0.717, 1.165) is 18.4 Å². The van der Waals surface area contributed by atoms with E-state index < -0.39 is 5.41 Å². The first-order valence-electron chi connectivity index (χ1n) is 7.59. The van der Waals surface area contributed by atoms with Gasteiger partial charge in [-0.3, -0.25) is 14.5 Å². The molecular weight excluding hydrogens is 266 g/mol. The van der Waals surface area contributed by atoms with E-state index in [9.17, 15) is 14.7 Å². The molecule has 4 nitrogen and oxygen atoms in total. The number of nitrogens with zero attached hydrogens (tertiary/aromatic N) is 1. The van der Waals surface area contributed by atoms with Gasteiger partial charge in [-0.1, -0.05) is 30.3 Å². The molecule has 1 heterocycles. The van der Waals surface area contributed by atoms with Gasteiger partial charge in [-0.2, -0.15) is 0 Å². The second kappa shape index (κ2) is 5.26. The van der Waals surface area contributed by atoms with Crippen LogP contribution in [0.15, 0.2) is 30.3 Å². The van der Waals surface area contributed by atoms with Gasteiger partial charge in [0.2, 0.25) is 11.8 Å². The van der Waals surface area contributed by atoms with Crippen LogP contribution in [0.4, 0.5) is 0 Å². The average Bonchev–Trinajstić information content (AvgIpc) is 2.98. The molecule has 0 bridgehead atoms. The number of carbonyl (C=O) groups is 2. The molecule has 1 aromatic rings. The molecule has 3 unspecified atom stereocenters. The van der Waals surface area contributed by atoms with Crippen molar-refractivity contribution in [3.8, 4) is 0 Å². The molecular formula is C17H21NO3. The summed E-state index contributed by atoms with van der Waals surface area (Å²) in [4.78, 5) is 26.4. The molecule has 1 aliphatic carbocycles. The Labute approximate surface area is 124 Å². The molecule has 1 saturated carbocycles. The average molecular weight is 287 g/mol. The van der Waals surface area contributed by atoms with Crippen LogP contribution in [0, 0.1) is 5.92 Å². The van der Waals surface area contributed by atoms with Crippen LogP contribution in [0.25, 0.3) is 0 Å². The molecule has 1 aromatic carbocycles. The number of rotatable bonds is 3. The van der Waals surface area contributed by atoms with Gasteiger partial charge in [0.05, 0.1) is 11.5 Å². The van der Waals surface area contributed by atoms with E-state index in [2.05, 4.69) is 0 Å². The Kier molecular flexibility index (Phi) is 3.57. The number of likely N-dealkylation sites (tertiary alicyclic amines) is 1. The molecule has 1 aliphatic heterocycles. The van der Waals surface area contributed by atoms with Gasteiger partial charge in [-0.05, 0) is 37.7 Å². The van der Waals surface area contributed by atoms with Gasteiger partial charge in [0.25, 0.3) is 0 Å². The van der Waals surface area contributed by atoms with Crippen LogP contribution in [-0.2, 0) is 15.0 Å². The minimum Gasteiger partial charge on any atom is -0.393 e. The van der Waals surface area contributed by atoms with Gasteiger partial charge in [-0.15, -0.1) is 0 Å². The van der Waals surface area contributed by atoms with E-state index in [-0.39, 0.29) is 30.3 Å². The van der Waals surface area contributed by atoms with Gasteiger partial charge in [0.1, 0.15) is 0 Å². The first kappa shape index (κ1) is 14.3. The summed E-state index contributed by atoms with van der Waals surface area (Å²) < 4.78 is 0. The predicted molar refractivity (Wildman–Crippen MR) is 78.5 cm³/mol. The number of aliphatic hydroxyl groups is 1. The van der Waals surface area contributed by atoms with E-state index in [1.807, 2.05) is 37.3 Å². The van der Waals surface area contributed by atoms with Gasteiger partial charge in [0, 0.05) is 13.0 Å². The van der Waals surface area contributed by atoms with Crippen molar-refractivity contribution in [3.63, 3.8) is 0 Å². The van der Waals surface area contributed by atoms with Crippen molar-refractivity contribution >= 4 is 11.8 Å². The van der Waals surface area contributed by atoms with Crippen molar-refractivity contribution < 1.29 is 14.7 Å². The van der Waals surface area contributed by atoms with Gasteiger partial charge < -0.3 is 5.11 Å². The standard InChI is InChI=1S/C17H21NO3/c1-17(13-5-3-2-4-6-13)10-15(20)18(16(17)21)11-12-7-8-14(19)9-12/h2-6,12,14,19H,7-11H2,1H3. The lowest BCUT2D eigenvalue weighted by Gasteiger charge is -2.24. The Morgan fingerprint density at radius 1 is 1.24 bits per heavy atom. The van der Waals surface area contributed by atoms with E-state index in [0.29, 0.717) is 13.0 Å². The Morgan fingerprint density at radius 2 is 1.95 bits per heavy atom. The fourth-order valence-electron chi connectivity index (χ4n) is 3.57. The van der Waals surface area contributed by atoms with Crippen LogP contribution < -0.4 is 0 Å². The monoisotopic (exact) mass is 287 g/mol.